The highest BCUT2D eigenvalue weighted by atomic mass is 19.1. The van der Waals surface area contributed by atoms with E-state index >= 15 is 0 Å². The number of nitrogens with one attached hydrogen (secondary N) is 1. The molecule has 1 N–H and O–H groups in total. The summed E-state index contributed by atoms with van der Waals surface area (Å²) in [7, 11) is 1.72. The number of pyridine rings is 1. The number of nitrogens with zero attached hydrogens (tertiary/aromatic N) is 1. The maximum absolute atomic E-state index is 13.9. The fraction of sp³-hybridized carbons (Fsp3) is 0.565. The van der Waals surface area contributed by atoms with Gasteiger partial charge in [0, 0.05) is 24.5 Å². The Morgan fingerprint density at radius 2 is 1.85 bits per heavy atom. The average molecular weight is 368 g/mol. The van der Waals surface area contributed by atoms with Crippen molar-refractivity contribution in [2.75, 3.05) is 7.05 Å². The normalized spacial score (nSPS) is 33.8. The highest BCUT2D eigenvalue weighted by Crippen LogP contribution is 2.68. The summed E-state index contributed by atoms with van der Waals surface area (Å²) in [4.78, 5) is 16.6. The third-order valence-electron chi connectivity index (χ3n) is 7.82. The lowest BCUT2D eigenvalue weighted by molar-refractivity contribution is -0.125. The molecule has 2 aromatic rings. The molecule has 2 aliphatic carbocycles. The highest BCUT2D eigenvalue weighted by molar-refractivity contribution is 5.82. The van der Waals surface area contributed by atoms with Crippen LogP contribution in [0.1, 0.15) is 57.9 Å². The van der Waals surface area contributed by atoms with Crippen LogP contribution >= 0.6 is 0 Å². The molecule has 0 bridgehead atoms. The van der Waals surface area contributed by atoms with E-state index in [0.717, 1.165) is 36.6 Å². The fourth-order valence-corrected chi connectivity index (χ4v) is 6.05. The van der Waals surface area contributed by atoms with Crippen molar-refractivity contribution >= 4 is 16.8 Å². The Balaban J connectivity index is 1.63. The zero-order valence-corrected chi connectivity index (χ0v) is 16.7. The molecule has 1 heterocycles. The minimum Gasteiger partial charge on any atom is -0.359 e. The second-order valence-electron chi connectivity index (χ2n) is 9.36. The van der Waals surface area contributed by atoms with Crippen LogP contribution in [0.25, 0.3) is 10.9 Å². The Kier molecular flexibility index (Phi) is 4.28. The van der Waals surface area contributed by atoms with Gasteiger partial charge >= 0.3 is 0 Å². The zero-order valence-electron chi connectivity index (χ0n) is 16.7. The van der Waals surface area contributed by atoms with Crippen molar-refractivity contribution < 1.29 is 9.18 Å². The van der Waals surface area contributed by atoms with Crippen LogP contribution in [0.4, 0.5) is 4.39 Å². The standard InChI is InChI=1S/C23H29FN2O/c1-14(21(27)25-4)15-10-22(2)12-16(13-23(22,3)11-15)18-7-8-26-20-6-5-17(24)9-19(18)20/h5-9,14-16H,10-13H2,1-4H3,(H,25,27)/t14?,15-,16-,22+,23-. The third kappa shape index (κ3) is 2.84. The molecule has 0 radical (unpaired) electrons. The second-order valence-corrected chi connectivity index (χ2v) is 9.36. The number of benzene rings is 1. The topological polar surface area (TPSA) is 42.0 Å². The van der Waals surface area contributed by atoms with Gasteiger partial charge in [0.2, 0.25) is 5.91 Å². The van der Waals surface area contributed by atoms with Crippen molar-refractivity contribution in [2.24, 2.45) is 22.7 Å². The molecule has 0 saturated heterocycles. The van der Waals surface area contributed by atoms with E-state index in [0.29, 0.717) is 11.8 Å². The monoisotopic (exact) mass is 368 g/mol. The van der Waals surface area contributed by atoms with E-state index in [1.54, 1.807) is 19.2 Å². The molecule has 1 amide bonds. The number of carbonyl (C=O) groups excluding carboxylic acids is 1. The first kappa shape index (κ1) is 18.4. The maximum atomic E-state index is 13.9. The van der Waals surface area contributed by atoms with E-state index in [2.05, 4.69) is 37.1 Å². The molecule has 2 saturated carbocycles. The zero-order chi connectivity index (χ0) is 19.4. The summed E-state index contributed by atoms with van der Waals surface area (Å²) >= 11 is 0. The summed E-state index contributed by atoms with van der Waals surface area (Å²) in [6, 6.07) is 6.96. The lowest BCUT2D eigenvalue weighted by atomic mass is 9.71. The van der Waals surface area contributed by atoms with Crippen LogP contribution in [0.15, 0.2) is 30.5 Å². The smallest absolute Gasteiger partial charge is 0.222 e. The second kappa shape index (κ2) is 6.29. The van der Waals surface area contributed by atoms with Gasteiger partial charge in [-0.3, -0.25) is 9.78 Å². The van der Waals surface area contributed by atoms with Crippen LogP contribution in [0.2, 0.25) is 0 Å². The number of fused-ring (bicyclic) bond motifs is 2. The first-order valence-electron chi connectivity index (χ1n) is 10.0. The maximum Gasteiger partial charge on any atom is 0.222 e. The molecular formula is C23H29FN2O. The van der Waals surface area contributed by atoms with Gasteiger partial charge in [0.15, 0.2) is 0 Å². The van der Waals surface area contributed by atoms with Gasteiger partial charge in [0.25, 0.3) is 0 Å². The lowest BCUT2D eigenvalue weighted by Gasteiger charge is -2.34. The summed E-state index contributed by atoms with van der Waals surface area (Å²) in [5, 5.41) is 3.76. The molecule has 144 valence electrons. The van der Waals surface area contributed by atoms with Crippen LogP contribution in [0.5, 0.6) is 0 Å². The van der Waals surface area contributed by atoms with Crippen molar-refractivity contribution in [3.8, 4) is 0 Å². The third-order valence-corrected chi connectivity index (χ3v) is 7.82. The summed E-state index contributed by atoms with van der Waals surface area (Å²) in [5.41, 5.74) is 2.53. The van der Waals surface area contributed by atoms with Crippen molar-refractivity contribution in [1.29, 1.82) is 0 Å². The van der Waals surface area contributed by atoms with Crippen molar-refractivity contribution in [2.45, 2.75) is 52.4 Å². The predicted octanol–water partition coefficient (Wildman–Crippen LogP) is 5.06. The minimum absolute atomic E-state index is 0.0588. The van der Waals surface area contributed by atoms with Crippen molar-refractivity contribution in [3.63, 3.8) is 0 Å². The molecular weight excluding hydrogens is 339 g/mol. The molecule has 4 heteroatoms. The Bertz CT molecular complexity index is 877. The van der Waals surface area contributed by atoms with Gasteiger partial charge in [-0.05, 0) is 78.2 Å². The molecule has 2 fully saturated rings. The number of aromatic nitrogens is 1. The van der Waals surface area contributed by atoms with Crippen molar-refractivity contribution in [1.82, 2.24) is 10.3 Å². The van der Waals surface area contributed by atoms with E-state index in [1.807, 2.05) is 6.20 Å². The molecule has 27 heavy (non-hydrogen) atoms. The minimum atomic E-state index is -0.202. The van der Waals surface area contributed by atoms with Crippen LogP contribution in [-0.2, 0) is 4.79 Å². The van der Waals surface area contributed by atoms with E-state index in [9.17, 15) is 9.18 Å². The van der Waals surface area contributed by atoms with Gasteiger partial charge in [-0.1, -0.05) is 20.8 Å². The lowest BCUT2D eigenvalue weighted by Crippen LogP contribution is -2.30. The molecule has 2 aliphatic rings. The van der Waals surface area contributed by atoms with Gasteiger partial charge < -0.3 is 5.32 Å². The first-order valence-corrected chi connectivity index (χ1v) is 10.0. The number of halogens is 1. The van der Waals surface area contributed by atoms with Crippen LogP contribution < -0.4 is 5.32 Å². The van der Waals surface area contributed by atoms with Crippen LogP contribution in [0.3, 0.4) is 0 Å². The quantitative estimate of drug-likeness (QED) is 0.823. The van der Waals surface area contributed by atoms with Gasteiger partial charge in [-0.15, -0.1) is 0 Å². The van der Waals surface area contributed by atoms with Crippen LogP contribution in [-0.4, -0.2) is 17.9 Å². The highest BCUT2D eigenvalue weighted by Gasteiger charge is 2.59. The summed E-state index contributed by atoms with van der Waals surface area (Å²) in [5.74, 6) is 0.866. The Morgan fingerprint density at radius 1 is 1.19 bits per heavy atom. The largest absolute Gasteiger partial charge is 0.359 e. The number of rotatable bonds is 3. The van der Waals surface area contributed by atoms with Crippen molar-refractivity contribution in [3.05, 3.63) is 41.8 Å². The van der Waals surface area contributed by atoms with Gasteiger partial charge in [-0.2, -0.15) is 0 Å². The molecule has 0 aliphatic heterocycles. The molecule has 3 nitrogen and oxygen atoms in total. The summed E-state index contributed by atoms with van der Waals surface area (Å²) < 4.78 is 13.9. The van der Waals surface area contributed by atoms with E-state index in [1.165, 1.54) is 11.6 Å². The Labute approximate surface area is 160 Å². The SMILES string of the molecule is CNC(=O)C(C)[C@H]1C[C@]2(C)C[C@H](c3ccnc4ccc(F)cc34)C[C@]2(C)C1. The molecule has 1 aromatic heterocycles. The summed E-state index contributed by atoms with van der Waals surface area (Å²) in [6.45, 7) is 6.86. The summed E-state index contributed by atoms with van der Waals surface area (Å²) in [6.07, 6.45) is 6.22. The molecule has 5 atom stereocenters. The Hall–Kier alpha value is -1.97. The Morgan fingerprint density at radius 3 is 2.48 bits per heavy atom. The number of hydrogen-bond acceptors (Lipinski definition) is 2. The molecule has 1 aromatic carbocycles. The molecule has 1 unspecified atom stereocenters. The number of hydrogen-bond donors (Lipinski definition) is 1. The van der Waals surface area contributed by atoms with Crippen LogP contribution in [0, 0.1) is 28.5 Å². The predicted molar refractivity (Wildman–Crippen MR) is 106 cm³/mol. The first-order chi connectivity index (χ1) is 12.8. The number of carbonyl (C=O) groups is 1. The van der Waals surface area contributed by atoms with E-state index in [-0.39, 0.29) is 28.5 Å². The fourth-order valence-electron chi connectivity index (χ4n) is 6.05. The molecule has 0 spiro atoms. The average Bonchev–Trinajstić information content (AvgIpc) is 3.04. The van der Waals surface area contributed by atoms with E-state index in [4.69, 9.17) is 0 Å². The van der Waals surface area contributed by atoms with E-state index < -0.39 is 0 Å². The number of amides is 1. The van der Waals surface area contributed by atoms with Gasteiger partial charge in [-0.25, -0.2) is 4.39 Å². The van der Waals surface area contributed by atoms with Gasteiger partial charge in [0.05, 0.1) is 5.52 Å². The van der Waals surface area contributed by atoms with Gasteiger partial charge in [0.1, 0.15) is 5.82 Å². The molecule has 4 rings (SSSR count).